The summed E-state index contributed by atoms with van der Waals surface area (Å²) in [5.74, 6) is 1.43. The molecule has 0 spiro atoms. The van der Waals surface area contributed by atoms with Gasteiger partial charge in [-0.05, 0) is 31.0 Å². The van der Waals surface area contributed by atoms with E-state index in [1.807, 2.05) is 25.1 Å². The summed E-state index contributed by atoms with van der Waals surface area (Å²) in [6.45, 7) is 2.97. The van der Waals surface area contributed by atoms with Gasteiger partial charge in [-0.15, -0.1) is 0 Å². The third kappa shape index (κ3) is 3.41. The minimum atomic E-state index is 0.445. The quantitative estimate of drug-likeness (QED) is 0.545. The van der Waals surface area contributed by atoms with Crippen LogP contribution in [0.1, 0.15) is 12.5 Å². The Bertz CT molecular complexity index is 384. The number of hydrogen-bond acceptors (Lipinski definition) is 4. The minimum Gasteiger partial charge on any atom is -0.493 e. The van der Waals surface area contributed by atoms with Gasteiger partial charge in [-0.3, -0.25) is 0 Å². The van der Waals surface area contributed by atoms with Gasteiger partial charge in [0.15, 0.2) is 11.5 Å². The van der Waals surface area contributed by atoms with Crippen LogP contribution in [0.4, 0.5) is 0 Å². The van der Waals surface area contributed by atoms with Crippen molar-refractivity contribution < 1.29 is 14.3 Å². The van der Waals surface area contributed by atoms with Crippen LogP contribution in [-0.2, 0) is 11.2 Å². The molecular formula is C12H15NO3. The van der Waals surface area contributed by atoms with Crippen molar-refractivity contribution in [1.82, 2.24) is 0 Å². The number of benzene rings is 1. The summed E-state index contributed by atoms with van der Waals surface area (Å²) in [6.07, 6.45) is 2.21. The highest BCUT2D eigenvalue weighted by molar-refractivity contribution is 5.43. The molecule has 1 aromatic rings. The summed E-state index contributed by atoms with van der Waals surface area (Å²) in [4.78, 5) is 13.4. The highest BCUT2D eigenvalue weighted by atomic mass is 16.5. The van der Waals surface area contributed by atoms with E-state index in [4.69, 9.17) is 9.47 Å². The smallest absolute Gasteiger partial charge is 0.234 e. The monoisotopic (exact) mass is 221 g/mol. The number of nitrogens with zero attached hydrogens (tertiary/aromatic N) is 1. The maximum Gasteiger partial charge on any atom is 0.234 e. The average molecular weight is 221 g/mol. The molecule has 1 rings (SSSR count). The van der Waals surface area contributed by atoms with E-state index in [-0.39, 0.29) is 0 Å². The van der Waals surface area contributed by atoms with Gasteiger partial charge in [0.05, 0.1) is 20.3 Å². The molecular weight excluding hydrogens is 206 g/mol. The second-order valence-corrected chi connectivity index (χ2v) is 3.14. The molecule has 0 aromatic heterocycles. The topological polar surface area (TPSA) is 47.9 Å². The van der Waals surface area contributed by atoms with Gasteiger partial charge < -0.3 is 9.47 Å². The molecule has 0 fully saturated rings. The van der Waals surface area contributed by atoms with Crippen LogP contribution in [0.15, 0.2) is 23.2 Å². The van der Waals surface area contributed by atoms with Crippen LogP contribution in [0.25, 0.3) is 0 Å². The summed E-state index contributed by atoms with van der Waals surface area (Å²) in [7, 11) is 1.60. The molecule has 16 heavy (non-hydrogen) atoms. The van der Waals surface area contributed by atoms with E-state index in [1.165, 1.54) is 6.08 Å². The number of isocyanates is 1. The van der Waals surface area contributed by atoms with Crippen LogP contribution in [0, 0.1) is 0 Å². The Morgan fingerprint density at radius 1 is 1.38 bits per heavy atom. The predicted molar refractivity (Wildman–Crippen MR) is 60.9 cm³/mol. The first-order valence-corrected chi connectivity index (χ1v) is 5.15. The molecule has 0 saturated heterocycles. The van der Waals surface area contributed by atoms with E-state index >= 15 is 0 Å². The average Bonchev–Trinajstić information content (AvgIpc) is 2.31. The van der Waals surface area contributed by atoms with Crippen molar-refractivity contribution in [3.05, 3.63) is 23.8 Å². The van der Waals surface area contributed by atoms with Crippen molar-refractivity contribution >= 4 is 6.08 Å². The van der Waals surface area contributed by atoms with E-state index in [0.29, 0.717) is 25.3 Å². The van der Waals surface area contributed by atoms with E-state index in [1.54, 1.807) is 7.11 Å². The van der Waals surface area contributed by atoms with Gasteiger partial charge >= 0.3 is 0 Å². The van der Waals surface area contributed by atoms with E-state index in [0.717, 1.165) is 11.3 Å². The number of methoxy groups -OCH3 is 1. The second-order valence-electron chi connectivity index (χ2n) is 3.14. The Labute approximate surface area is 94.9 Å². The highest BCUT2D eigenvalue weighted by Gasteiger charge is 2.04. The molecule has 0 aliphatic rings. The van der Waals surface area contributed by atoms with Crippen molar-refractivity contribution in [3.63, 3.8) is 0 Å². The Hall–Kier alpha value is -1.80. The Balaban J connectivity index is 2.77. The zero-order valence-electron chi connectivity index (χ0n) is 9.53. The lowest BCUT2D eigenvalue weighted by molar-refractivity contribution is 0.310. The lowest BCUT2D eigenvalue weighted by atomic mass is 10.1. The van der Waals surface area contributed by atoms with Crippen molar-refractivity contribution in [2.45, 2.75) is 13.3 Å². The van der Waals surface area contributed by atoms with E-state index in [2.05, 4.69) is 4.99 Å². The first-order chi connectivity index (χ1) is 7.81. The second kappa shape index (κ2) is 6.64. The molecule has 0 saturated carbocycles. The number of rotatable bonds is 6. The summed E-state index contributed by atoms with van der Waals surface area (Å²) >= 11 is 0. The number of ether oxygens (including phenoxy) is 2. The van der Waals surface area contributed by atoms with Gasteiger partial charge in [-0.2, -0.15) is 0 Å². The Morgan fingerprint density at radius 2 is 2.19 bits per heavy atom. The number of hydrogen-bond donors (Lipinski definition) is 0. The minimum absolute atomic E-state index is 0.445. The van der Waals surface area contributed by atoms with Gasteiger partial charge in [0.2, 0.25) is 6.08 Å². The van der Waals surface area contributed by atoms with Crippen LogP contribution in [0.5, 0.6) is 11.5 Å². The molecule has 86 valence electrons. The maximum absolute atomic E-state index is 9.92. The van der Waals surface area contributed by atoms with Gasteiger partial charge in [0.1, 0.15) is 0 Å². The normalized spacial score (nSPS) is 9.38. The third-order valence-electron chi connectivity index (χ3n) is 2.10. The van der Waals surface area contributed by atoms with Crippen LogP contribution < -0.4 is 9.47 Å². The zero-order chi connectivity index (χ0) is 11.8. The molecule has 0 unspecified atom stereocenters. The molecule has 0 aliphatic heterocycles. The predicted octanol–water partition coefficient (Wildman–Crippen LogP) is 1.97. The van der Waals surface area contributed by atoms with Gasteiger partial charge in [0.25, 0.3) is 0 Å². The highest BCUT2D eigenvalue weighted by Crippen LogP contribution is 2.28. The van der Waals surface area contributed by atoms with Gasteiger partial charge in [-0.25, -0.2) is 9.79 Å². The zero-order valence-corrected chi connectivity index (χ0v) is 9.53. The molecule has 4 heteroatoms. The lowest BCUT2D eigenvalue weighted by Crippen LogP contribution is -1.97. The van der Waals surface area contributed by atoms with Crippen LogP contribution >= 0.6 is 0 Å². The molecule has 0 heterocycles. The fourth-order valence-corrected chi connectivity index (χ4v) is 1.37. The van der Waals surface area contributed by atoms with E-state index in [9.17, 15) is 4.79 Å². The fourth-order valence-electron chi connectivity index (χ4n) is 1.37. The van der Waals surface area contributed by atoms with Crippen molar-refractivity contribution in [2.24, 2.45) is 4.99 Å². The SMILES string of the molecule is CCOc1ccc(CCN=C=O)cc1OC. The molecule has 0 radical (unpaired) electrons. The molecule has 0 N–H and O–H groups in total. The molecule has 0 aliphatic carbocycles. The van der Waals surface area contributed by atoms with Crippen LogP contribution in [-0.4, -0.2) is 26.3 Å². The lowest BCUT2D eigenvalue weighted by Gasteiger charge is -2.10. The van der Waals surface area contributed by atoms with Crippen molar-refractivity contribution in [3.8, 4) is 11.5 Å². The Kier molecular flexibility index (Phi) is 5.09. The van der Waals surface area contributed by atoms with Gasteiger partial charge in [0, 0.05) is 0 Å². The summed E-state index contributed by atoms with van der Waals surface area (Å²) in [6, 6.07) is 5.70. The van der Waals surface area contributed by atoms with E-state index < -0.39 is 0 Å². The largest absolute Gasteiger partial charge is 0.493 e. The fraction of sp³-hybridized carbons (Fsp3) is 0.417. The number of carbonyl (C=O) groups excluding carboxylic acids is 1. The van der Waals surface area contributed by atoms with Gasteiger partial charge in [-0.1, -0.05) is 6.07 Å². The summed E-state index contributed by atoms with van der Waals surface area (Å²) in [5.41, 5.74) is 1.05. The molecule has 0 bridgehead atoms. The first-order valence-electron chi connectivity index (χ1n) is 5.15. The molecule has 0 amide bonds. The summed E-state index contributed by atoms with van der Waals surface area (Å²) in [5, 5.41) is 0. The first kappa shape index (κ1) is 12.3. The van der Waals surface area contributed by atoms with Crippen molar-refractivity contribution in [2.75, 3.05) is 20.3 Å². The van der Waals surface area contributed by atoms with Crippen LogP contribution in [0.2, 0.25) is 0 Å². The Morgan fingerprint density at radius 3 is 2.81 bits per heavy atom. The van der Waals surface area contributed by atoms with Crippen LogP contribution in [0.3, 0.4) is 0 Å². The van der Waals surface area contributed by atoms with Crippen molar-refractivity contribution in [1.29, 1.82) is 0 Å². The molecule has 0 atom stereocenters. The third-order valence-corrected chi connectivity index (χ3v) is 2.10. The summed E-state index contributed by atoms with van der Waals surface area (Å²) < 4.78 is 10.6. The molecule has 1 aromatic carbocycles. The number of aliphatic imine (C=N–C) groups is 1. The standard InChI is InChI=1S/C12H15NO3/c1-3-16-11-5-4-10(6-7-13-9-14)8-12(11)15-2/h4-5,8H,3,6-7H2,1-2H3. The maximum atomic E-state index is 9.92. The molecule has 4 nitrogen and oxygen atoms in total.